The maximum atomic E-state index is 12.5. The number of nitrogens with zero attached hydrogens (tertiary/aromatic N) is 3. The van der Waals surface area contributed by atoms with Gasteiger partial charge in [-0.25, -0.2) is 4.79 Å². The van der Waals surface area contributed by atoms with Crippen molar-refractivity contribution >= 4 is 23.3 Å². The number of nitro benzene ring substituents is 1. The third-order valence-corrected chi connectivity index (χ3v) is 5.76. The second-order valence-corrected chi connectivity index (χ2v) is 8.26. The number of nitro groups is 1. The van der Waals surface area contributed by atoms with E-state index in [9.17, 15) is 19.7 Å². The van der Waals surface area contributed by atoms with Crippen LogP contribution in [0, 0.1) is 24.0 Å². The molecule has 0 saturated carbocycles. The maximum Gasteiger partial charge on any atom is 0.338 e. The first kappa shape index (κ1) is 23.2. The predicted molar refractivity (Wildman–Crippen MR) is 122 cm³/mol. The molecule has 1 saturated heterocycles. The van der Waals surface area contributed by atoms with E-state index in [1.807, 2.05) is 36.9 Å². The molecule has 0 N–H and O–H groups in total. The van der Waals surface area contributed by atoms with Gasteiger partial charge in [0.05, 0.1) is 10.5 Å². The van der Waals surface area contributed by atoms with E-state index in [1.54, 1.807) is 13.1 Å². The minimum atomic E-state index is -0.758. The van der Waals surface area contributed by atoms with Crippen molar-refractivity contribution in [2.45, 2.75) is 39.7 Å². The Morgan fingerprint density at radius 2 is 1.81 bits per heavy atom. The number of esters is 1. The Bertz CT molecular complexity index is 1010. The lowest BCUT2D eigenvalue weighted by molar-refractivity contribution is -0.384. The number of benzene rings is 2. The largest absolute Gasteiger partial charge is 0.452 e. The number of piperidine rings is 1. The number of anilines is 1. The Kier molecular flexibility index (Phi) is 7.45. The highest BCUT2D eigenvalue weighted by Gasteiger charge is 2.24. The van der Waals surface area contributed by atoms with E-state index in [0.717, 1.165) is 49.0 Å². The number of aryl methyl sites for hydroxylation is 2. The zero-order valence-electron chi connectivity index (χ0n) is 18.8. The molecule has 3 rings (SSSR count). The van der Waals surface area contributed by atoms with Crippen molar-refractivity contribution in [3.8, 4) is 0 Å². The van der Waals surface area contributed by atoms with Crippen LogP contribution in [0.2, 0.25) is 0 Å². The second kappa shape index (κ2) is 10.3. The van der Waals surface area contributed by atoms with Crippen LogP contribution in [0.3, 0.4) is 0 Å². The molecule has 1 fully saturated rings. The molecule has 0 unspecified atom stereocenters. The summed E-state index contributed by atoms with van der Waals surface area (Å²) in [5, 5.41) is 11.6. The van der Waals surface area contributed by atoms with Gasteiger partial charge in [-0.3, -0.25) is 14.9 Å². The van der Waals surface area contributed by atoms with E-state index in [4.69, 9.17) is 4.74 Å². The predicted octanol–water partition coefficient (Wildman–Crippen LogP) is 4.02. The van der Waals surface area contributed by atoms with Crippen LogP contribution in [-0.4, -0.2) is 48.4 Å². The number of carbonyl (C=O) groups is 2. The average Bonchev–Trinajstić information content (AvgIpc) is 2.79. The van der Waals surface area contributed by atoms with E-state index in [2.05, 4.69) is 0 Å². The summed E-state index contributed by atoms with van der Waals surface area (Å²) in [6, 6.07) is 10.4. The van der Waals surface area contributed by atoms with Crippen LogP contribution >= 0.6 is 0 Å². The number of likely N-dealkylation sites (N-methyl/N-ethyl adjacent to an activating group) is 1. The Hall–Kier alpha value is -3.42. The Morgan fingerprint density at radius 1 is 1.09 bits per heavy atom. The summed E-state index contributed by atoms with van der Waals surface area (Å²) in [4.78, 5) is 39.5. The first-order chi connectivity index (χ1) is 15.3. The molecule has 170 valence electrons. The second-order valence-electron chi connectivity index (χ2n) is 8.26. The van der Waals surface area contributed by atoms with Crippen molar-refractivity contribution in [2.75, 3.05) is 31.6 Å². The lowest BCUT2D eigenvalue weighted by atomic mass is 10.1. The normalized spacial score (nSPS) is 13.5. The fraction of sp³-hybridized carbons (Fsp3) is 0.417. The van der Waals surface area contributed by atoms with E-state index < -0.39 is 17.5 Å². The molecule has 0 aromatic heterocycles. The summed E-state index contributed by atoms with van der Waals surface area (Å²) in [7, 11) is 1.65. The number of amides is 1. The lowest BCUT2D eigenvalue weighted by Crippen LogP contribution is -2.31. The van der Waals surface area contributed by atoms with Crippen LogP contribution in [0.25, 0.3) is 0 Å². The van der Waals surface area contributed by atoms with Crippen LogP contribution in [-0.2, 0) is 16.1 Å². The molecule has 8 nitrogen and oxygen atoms in total. The summed E-state index contributed by atoms with van der Waals surface area (Å²) in [5.74, 6) is -1.11. The summed E-state index contributed by atoms with van der Waals surface area (Å²) >= 11 is 0. The van der Waals surface area contributed by atoms with Crippen molar-refractivity contribution in [2.24, 2.45) is 0 Å². The highest BCUT2D eigenvalue weighted by atomic mass is 16.6. The van der Waals surface area contributed by atoms with E-state index in [1.165, 1.54) is 17.0 Å². The summed E-state index contributed by atoms with van der Waals surface area (Å²) in [5.41, 5.74) is 3.69. The minimum absolute atomic E-state index is 0.0577. The van der Waals surface area contributed by atoms with Crippen LogP contribution < -0.4 is 4.90 Å². The van der Waals surface area contributed by atoms with E-state index in [0.29, 0.717) is 12.2 Å². The molecular formula is C24H29N3O5. The van der Waals surface area contributed by atoms with Crippen LogP contribution in [0.4, 0.5) is 11.4 Å². The highest BCUT2D eigenvalue weighted by Crippen LogP contribution is 2.31. The molecule has 1 amide bonds. The maximum absolute atomic E-state index is 12.5. The zero-order chi connectivity index (χ0) is 23.3. The average molecular weight is 440 g/mol. The van der Waals surface area contributed by atoms with Crippen LogP contribution in [0.1, 0.15) is 46.3 Å². The molecule has 2 aromatic rings. The quantitative estimate of drug-likeness (QED) is 0.368. The fourth-order valence-corrected chi connectivity index (χ4v) is 3.89. The molecule has 0 bridgehead atoms. The standard InChI is InChI=1S/C24H29N3O5/c1-17-7-8-20(18(2)13-17)15-25(3)23(28)16-32-24(29)19-9-10-21(22(14-19)27(30)31)26-11-5-4-6-12-26/h7-10,13-14H,4-6,11-12,15-16H2,1-3H3. The van der Waals surface area contributed by atoms with Gasteiger partial charge in [0.25, 0.3) is 11.6 Å². The molecule has 0 radical (unpaired) electrons. The van der Waals surface area contributed by atoms with Gasteiger partial charge in [0.15, 0.2) is 6.61 Å². The van der Waals surface area contributed by atoms with Gasteiger partial charge in [-0.15, -0.1) is 0 Å². The minimum Gasteiger partial charge on any atom is -0.452 e. The molecule has 1 aliphatic heterocycles. The summed E-state index contributed by atoms with van der Waals surface area (Å²) < 4.78 is 5.15. The molecule has 2 aromatic carbocycles. The molecule has 0 spiro atoms. The van der Waals surface area contributed by atoms with Crippen molar-refractivity contribution in [1.82, 2.24) is 4.90 Å². The third-order valence-electron chi connectivity index (χ3n) is 5.76. The van der Waals surface area contributed by atoms with Crippen molar-refractivity contribution in [3.63, 3.8) is 0 Å². The summed E-state index contributed by atoms with van der Waals surface area (Å²) in [6.45, 7) is 5.48. The van der Waals surface area contributed by atoms with Gasteiger partial charge >= 0.3 is 5.97 Å². The van der Waals surface area contributed by atoms with Gasteiger partial charge in [-0.05, 0) is 56.4 Å². The SMILES string of the molecule is Cc1ccc(CN(C)C(=O)COC(=O)c2ccc(N3CCCCC3)c([N+](=O)[O-])c2)c(C)c1. The fourth-order valence-electron chi connectivity index (χ4n) is 3.89. The van der Waals surface area contributed by atoms with Gasteiger partial charge in [-0.2, -0.15) is 0 Å². The van der Waals surface area contributed by atoms with Gasteiger partial charge in [0.1, 0.15) is 5.69 Å². The number of hydrogen-bond acceptors (Lipinski definition) is 6. The van der Waals surface area contributed by atoms with Gasteiger partial charge in [-0.1, -0.05) is 23.8 Å². The lowest BCUT2D eigenvalue weighted by Gasteiger charge is -2.28. The molecule has 1 heterocycles. The topological polar surface area (TPSA) is 93.0 Å². The highest BCUT2D eigenvalue weighted by molar-refractivity contribution is 5.93. The first-order valence-electron chi connectivity index (χ1n) is 10.8. The molecular weight excluding hydrogens is 410 g/mol. The van der Waals surface area contributed by atoms with Crippen LogP contribution in [0.15, 0.2) is 36.4 Å². The zero-order valence-corrected chi connectivity index (χ0v) is 18.8. The molecule has 0 aliphatic carbocycles. The smallest absolute Gasteiger partial charge is 0.338 e. The molecule has 32 heavy (non-hydrogen) atoms. The monoisotopic (exact) mass is 439 g/mol. The molecule has 8 heteroatoms. The first-order valence-corrected chi connectivity index (χ1v) is 10.8. The Balaban J connectivity index is 1.62. The van der Waals surface area contributed by atoms with Crippen molar-refractivity contribution < 1.29 is 19.2 Å². The number of carbonyl (C=O) groups excluding carboxylic acids is 2. The van der Waals surface area contributed by atoms with Crippen molar-refractivity contribution in [1.29, 1.82) is 0 Å². The van der Waals surface area contributed by atoms with Gasteiger partial charge in [0.2, 0.25) is 0 Å². The Morgan fingerprint density at radius 3 is 2.47 bits per heavy atom. The third kappa shape index (κ3) is 5.63. The Labute approximate surface area is 187 Å². The van der Waals surface area contributed by atoms with Crippen LogP contribution in [0.5, 0.6) is 0 Å². The number of hydrogen-bond donors (Lipinski definition) is 0. The number of ether oxygens (including phenoxy) is 1. The van der Waals surface area contributed by atoms with Crippen molar-refractivity contribution in [3.05, 3.63) is 68.8 Å². The van der Waals surface area contributed by atoms with E-state index >= 15 is 0 Å². The number of rotatable bonds is 7. The van der Waals surface area contributed by atoms with Gasteiger partial charge < -0.3 is 14.5 Å². The molecule has 1 aliphatic rings. The summed E-state index contributed by atoms with van der Waals surface area (Å²) in [6.07, 6.45) is 3.08. The van der Waals surface area contributed by atoms with Gasteiger partial charge in [0, 0.05) is 32.7 Å². The molecule has 0 atom stereocenters. The van der Waals surface area contributed by atoms with E-state index in [-0.39, 0.29) is 17.2 Å².